The Kier molecular flexibility index (Phi) is 6.09. The van der Waals surface area contributed by atoms with Crippen molar-refractivity contribution >= 4 is 21.9 Å². The highest BCUT2D eigenvalue weighted by atomic mass is 32.2. The minimum absolute atomic E-state index is 0.0893. The van der Waals surface area contributed by atoms with Gasteiger partial charge in [0.25, 0.3) is 0 Å². The fraction of sp³-hybridized carbons (Fsp3) is 0.250. The van der Waals surface area contributed by atoms with Crippen LogP contribution in [0, 0.1) is 0 Å². The van der Waals surface area contributed by atoms with Crippen LogP contribution in [0.3, 0.4) is 0 Å². The van der Waals surface area contributed by atoms with Crippen molar-refractivity contribution in [2.75, 3.05) is 13.1 Å². The van der Waals surface area contributed by atoms with Gasteiger partial charge in [-0.1, -0.05) is 18.2 Å². The number of carbonyl (C=O) groups is 1. The van der Waals surface area contributed by atoms with E-state index in [4.69, 9.17) is 0 Å². The molecule has 154 valence electrons. The van der Waals surface area contributed by atoms with E-state index in [1.54, 1.807) is 0 Å². The first kappa shape index (κ1) is 21.1. The van der Waals surface area contributed by atoms with Crippen molar-refractivity contribution < 1.29 is 31.1 Å². The lowest BCUT2D eigenvalue weighted by Gasteiger charge is -2.15. The van der Waals surface area contributed by atoms with Crippen LogP contribution in [0.2, 0.25) is 0 Å². The normalized spacial score (nSPS) is 15.7. The highest BCUT2D eigenvalue weighted by Gasteiger charge is 2.31. The number of hydrogen-bond acceptors (Lipinski definition) is 4. The van der Waals surface area contributed by atoms with Crippen LogP contribution in [-0.2, 0) is 10.0 Å². The van der Waals surface area contributed by atoms with E-state index in [1.807, 2.05) is 0 Å². The van der Waals surface area contributed by atoms with Gasteiger partial charge in [0.1, 0.15) is 5.75 Å². The number of allylic oxidation sites excluding steroid dienone is 1. The summed E-state index contributed by atoms with van der Waals surface area (Å²) >= 11 is 0. The van der Waals surface area contributed by atoms with Crippen molar-refractivity contribution in [1.29, 1.82) is 0 Å². The third-order valence-corrected chi connectivity index (χ3v) is 6.31. The largest absolute Gasteiger partial charge is 0.573 e. The summed E-state index contributed by atoms with van der Waals surface area (Å²) in [4.78, 5) is 12.4. The average molecular weight is 425 g/mol. The summed E-state index contributed by atoms with van der Waals surface area (Å²) in [6.07, 6.45) is -0.869. The van der Waals surface area contributed by atoms with Gasteiger partial charge in [0, 0.05) is 24.2 Å². The molecule has 3 rings (SSSR count). The first-order chi connectivity index (χ1) is 13.7. The summed E-state index contributed by atoms with van der Waals surface area (Å²) in [6.45, 7) is 0.955. The van der Waals surface area contributed by atoms with Crippen molar-refractivity contribution in [3.63, 3.8) is 0 Å². The summed E-state index contributed by atoms with van der Waals surface area (Å²) in [5, 5.41) is 0. The van der Waals surface area contributed by atoms with Gasteiger partial charge in [-0.05, 0) is 55.3 Å². The second-order valence-corrected chi connectivity index (χ2v) is 8.36. The molecule has 0 unspecified atom stereocenters. The van der Waals surface area contributed by atoms with E-state index in [9.17, 15) is 26.4 Å². The van der Waals surface area contributed by atoms with Gasteiger partial charge < -0.3 is 4.74 Å². The number of sulfonamides is 1. The molecule has 1 saturated heterocycles. The second kappa shape index (κ2) is 8.38. The molecule has 0 bridgehead atoms. The highest BCUT2D eigenvalue weighted by molar-refractivity contribution is 7.89. The van der Waals surface area contributed by atoms with Gasteiger partial charge in [0.15, 0.2) is 5.78 Å². The lowest BCUT2D eigenvalue weighted by Crippen LogP contribution is -2.27. The third kappa shape index (κ3) is 5.24. The summed E-state index contributed by atoms with van der Waals surface area (Å²) in [7, 11) is -3.58. The highest BCUT2D eigenvalue weighted by Crippen LogP contribution is 2.27. The fourth-order valence-corrected chi connectivity index (χ4v) is 4.48. The number of carbonyl (C=O) groups excluding carboxylic acids is 1. The van der Waals surface area contributed by atoms with Crippen molar-refractivity contribution in [2.45, 2.75) is 24.1 Å². The first-order valence-electron chi connectivity index (χ1n) is 8.84. The van der Waals surface area contributed by atoms with Crippen LogP contribution in [0.1, 0.15) is 28.8 Å². The minimum atomic E-state index is -4.84. The second-order valence-electron chi connectivity index (χ2n) is 6.42. The maximum atomic E-state index is 12.5. The number of alkyl halides is 3. The molecular weight excluding hydrogens is 407 g/mol. The van der Waals surface area contributed by atoms with Crippen LogP contribution in [-0.4, -0.2) is 38.0 Å². The Balaban J connectivity index is 1.75. The molecule has 0 amide bonds. The van der Waals surface area contributed by atoms with E-state index in [1.165, 1.54) is 52.8 Å². The minimum Gasteiger partial charge on any atom is -0.405 e. The third-order valence-electron chi connectivity index (χ3n) is 4.40. The molecule has 1 heterocycles. The van der Waals surface area contributed by atoms with Crippen LogP contribution in [0.4, 0.5) is 13.2 Å². The summed E-state index contributed by atoms with van der Waals surface area (Å²) in [5.41, 5.74) is 0.308. The van der Waals surface area contributed by atoms with E-state index in [-0.39, 0.29) is 16.0 Å². The zero-order valence-electron chi connectivity index (χ0n) is 15.2. The standard InChI is InChI=1S/C20H18F3NO4S/c21-20(22,23)28-19-6-2-1-5-16(19)9-12-18(25)15-7-10-17(11-8-15)29(26,27)24-13-3-4-14-24/h1-2,5-12H,3-4,13-14H2/b12-9+. The average Bonchev–Trinajstić information content (AvgIpc) is 3.22. The van der Waals surface area contributed by atoms with Gasteiger partial charge in [-0.25, -0.2) is 8.42 Å². The molecule has 29 heavy (non-hydrogen) atoms. The molecule has 2 aromatic carbocycles. The van der Waals surface area contributed by atoms with Gasteiger partial charge in [-0.3, -0.25) is 4.79 Å². The molecule has 1 aliphatic heterocycles. The first-order valence-corrected chi connectivity index (χ1v) is 10.3. The Morgan fingerprint density at radius 1 is 1.00 bits per heavy atom. The fourth-order valence-electron chi connectivity index (χ4n) is 2.97. The lowest BCUT2D eigenvalue weighted by molar-refractivity contribution is -0.274. The molecule has 0 atom stereocenters. The van der Waals surface area contributed by atoms with Crippen LogP contribution in [0.5, 0.6) is 5.75 Å². The predicted molar refractivity (Wildman–Crippen MR) is 101 cm³/mol. The summed E-state index contributed by atoms with van der Waals surface area (Å²) < 4.78 is 67.7. The Morgan fingerprint density at radius 3 is 2.24 bits per heavy atom. The van der Waals surface area contributed by atoms with Crippen molar-refractivity contribution in [3.8, 4) is 5.75 Å². The van der Waals surface area contributed by atoms with Crippen molar-refractivity contribution in [2.24, 2.45) is 0 Å². The van der Waals surface area contributed by atoms with Crippen molar-refractivity contribution in [3.05, 3.63) is 65.7 Å². The van der Waals surface area contributed by atoms with Gasteiger partial charge >= 0.3 is 6.36 Å². The van der Waals surface area contributed by atoms with E-state index in [2.05, 4.69) is 4.74 Å². The number of ether oxygens (including phenoxy) is 1. The van der Waals surface area contributed by atoms with Crippen molar-refractivity contribution in [1.82, 2.24) is 4.31 Å². The quantitative estimate of drug-likeness (QED) is 0.512. The topological polar surface area (TPSA) is 63.7 Å². The Hall–Kier alpha value is -2.65. The molecule has 9 heteroatoms. The van der Waals surface area contributed by atoms with Gasteiger partial charge in [-0.2, -0.15) is 4.31 Å². The number of rotatable bonds is 6. The molecule has 0 saturated carbocycles. The maximum Gasteiger partial charge on any atom is 0.573 e. The molecule has 0 spiro atoms. The molecule has 1 aliphatic rings. The lowest BCUT2D eigenvalue weighted by atomic mass is 10.1. The molecule has 0 aliphatic carbocycles. The Morgan fingerprint density at radius 2 is 1.62 bits per heavy atom. The summed E-state index contributed by atoms with van der Waals surface area (Å²) in [5.74, 6) is -0.895. The number of hydrogen-bond donors (Lipinski definition) is 0. The van der Waals surface area contributed by atoms with Crippen LogP contribution in [0.25, 0.3) is 6.08 Å². The zero-order valence-corrected chi connectivity index (χ0v) is 16.0. The molecule has 0 aromatic heterocycles. The zero-order chi connectivity index (χ0) is 21.1. The van der Waals surface area contributed by atoms with E-state index < -0.39 is 27.9 Å². The van der Waals surface area contributed by atoms with Gasteiger partial charge in [0.2, 0.25) is 10.0 Å². The van der Waals surface area contributed by atoms with E-state index >= 15 is 0 Å². The van der Waals surface area contributed by atoms with Crippen LogP contribution < -0.4 is 4.74 Å². The monoisotopic (exact) mass is 425 g/mol. The van der Waals surface area contributed by atoms with Crippen LogP contribution >= 0.6 is 0 Å². The van der Waals surface area contributed by atoms with Gasteiger partial charge in [-0.15, -0.1) is 13.2 Å². The Bertz CT molecular complexity index is 1010. The van der Waals surface area contributed by atoms with Gasteiger partial charge in [0.05, 0.1) is 4.90 Å². The maximum absolute atomic E-state index is 12.5. The van der Waals surface area contributed by atoms with Crippen LogP contribution in [0.15, 0.2) is 59.5 Å². The SMILES string of the molecule is O=C(/C=C/c1ccccc1OC(F)(F)F)c1ccc(S(=O)(=O)N2CCCC2)cc1. The molecular formula is C20H18F3NO4S. The number of nitrogens with zero attached hydrogens (tertiary/aromatic N) is 1. The molecule has 1 fully saturated rings. The summed E-state index contributed by atoms with van der Waals surface area (Å²) in [6, 6.07) is 10.9. The number of ketones is 1. The number of halogens is 3. The molecule has 0 radical (unpaired) electrons. The number of benzene rings is 2. The Labute approximate surface area is 166 Å². The smallest absolute Gasteiger partial charge is 0.405 e. The molecule has 2 aromatic rings. The van der Waals surface area contributed by atoms with E-state index in [0.29, 0.717) is 13.1 Å². The molecule has 0 N–H and O–H groups in total. The predicted octanol–water partition coefficient (Wildman–Crippen LogP) is 4.27. The number of para-hydroxylation sites is 1. The van der Waals surface area contributed by atoms with E-state index in [0.717, 1.165) is 25.0 Å². The molecule has 5 nitrogen and oxygen atoms in total.